The van der Waals surface area contributed by atoms with Crippen LogP contribution in [0.3, 0.4) is 0 Å². The molecule has 5 nitrogen and oxygen atoms in total. The predicted octanol–water partition coefficient (Wildman–Crippen LogP) is 3.44. The molecule has 0 radical (unpaired) electrons. The minimum atomic E-state index is -0.498. The lowest BCUT2D eigenvalue weighted by atomic mass is 10.1. The maximum Gasteiger partial charge on any atom is 0.338 e. The number of non-ortho nitro benzene ring substituents is 1. The molecule has 0 N–H and O–H groups in total. The number of fused-ring (bicyclic) bond motifs is 1. The van der Waals surface area contributed by atoms with Gasteiger partial charge in [-0.1, -0.05) is 24.3 Å². The fourth-order valence-electron chi connectivity index (χ4n) is 2.56. The lowest BCUT2D eigenvalue weighted by Crippen LogP contribution is -2.09. The van der Waals surface area contributed by atoms with Gasteiger partial charge in [-0.3, -0.25) is 10.1 Å². The summed E-state index contributed by atoms with van der Waals surface area (Å²) in [5.41, 5.74) is 2.54. The number of aryl methyl sites for hydroxylation is 1. The van der Waals surface area contributed by atoms with E-state index < -0.39 is 10.9 Å². The minimum absolute atomic E-state index is 0.0437. The van der Waals surface area contributed by atoms with E-state index in [1.807, 2.05) is 24.3 Å². The average molecular weight is 283 g/mol. The summed E-state index contributed by atoms with van der Waals surface area (Å²) in [5, 5.41) is 10.6. The Bertz CT molecular complexity index is 694. The van der Waals surface area contributed by atoms with Crippen molar-refractivity contribution >= 4 is 11.7 Å². The zero-order valence-corrected chi connectivity index (χ0v) is 11.2. The molecule has 0 saturated carbocycles. The number of nitrogens with zero attached hydrogens (tertiary/aromatic N) is 1. The first-order chi connectivity index (χ1) is 10.1. The molecule has 5 heteroatoms. The van der Waals surface area contributed by atoms with Crippen LogP contribution in [0, 0.1) is 10.1 Å². The molecule has 2 aromatic rings. The van der Waals surface area contributed by atoms with Gasteiger partial charge in [0.1, 0.15) is 6.10 Å². The van der Waals surface area contributed by atoms with Gasteiger partial charge in [0, 0.05) is 12.1 Å². The van der Waals surface area contributed by atoms with Gasteiger partial charge >= 0.3 is 5.97 Å². The van der Waals surface area contributed by atoms with Gasteiger partial charge in [0.25, 0.3) is 5.69 Å². The molecular weight excluding hydrogens is 270 g/mol. The number of esters is 1. The summed E-state index contributed by atoms with van der Waals surface area (Å²) in [6.07, 6.45) is 1.44. The van der Waals surface area contributed by atoms with E-state index in [9.17, 15) is 14.9 Å². The second-order valence-corrected chi connectivity index (χ2v) is 4.94. The van der Waals surface area contributed by atoms with Gasteiger partial charge in [-0.25, -0.2) is 4.79 Å². The predicted molar refractivity (Wildman–Crippen MR) is 76.0 cm³/mol. The van der Waals surface area contributed by atoms with Crippen molar-refractivity contribution in [2.45, 2.75) is 18.9 Å². The molecule has 1 aliphatic carbocycles. The molecule has 3 rings (SSSR count). The van der Waals surface area contributed by atoms with E-state index in [1.165, 1.54) is 29.8 Å². The van der Waals surface area contributed by atoms with E-state index >= 15 is 0 Å². The van der Waals surface area contributed by atoms with Crippen molar-refractivity contribution in [1.82, 2.24) is 0 Å². The van der Waals surface area contributed by atoms with Crippen molar-refractivity contribution in [3.8, 4) is 0 Å². The average Bonchev–Trinajstić information content (AvgIpc) is 2.91. The fourth-order valence-corrected chi connectivity index (χ4v) is 2.56. The number of nitro groups is 1. The van der Waals surface area contributed by atoms with Crippen LogP contribution in [0.2, 0.25) is 0 Å². The van der Waals surface area contributed by atoms with Crippen LogP contribution >= 0.6 is 0 Å². The monoisotopic (exact) mass is 283 g/mol. The topological polar surface area (TPSA) is 69.4 Å². The number of rotatable bonds is 3. The summed E-state index contributed by atoms with van der Waals surface area (Å²) in [6.45, 7) is 0. The van der Waals surface area contributed by atoms with Crippen LogP contribution in [-0.4, -0.2) is 10.9 Å². The maximum absolute atomic E-state index is 12.1. The second kappa shape index (κ2) is 5.36. The van der Waals surface area contributed by atoms with Gasteiger partial charge < -0.3 is 4.74 Å². The third-order valence-electron chi connectivity index (χ3n) is 3.64. The molecule has 0 amide bonds. The third-order valence-corrected chi connectivity index (χ3v) is 3.64. The van der Waals surface area contributed by atoms with Crippen LogP contribution in [0.25, 0.3) is 0 Å². The van der Waals surface area contributed by atoms with Crippen molar-refractivity contribution in [1.29, 1.82) is 0 Å². The molecule has 1 aliphatic rings. The van der Waals surface area contributed by atoms with Gasteiger partial charge in [0.05, 0.1) is 10.5 Å². The van der Waals surface area contributed by atoms with Crippen LogP contribution in [0.15, 0.2) is 48.5 Å². The largest absolute Gasteiger partial charge is 0.454 e. The second-order valence-electron chi connectivity index (χ2n) is 4.94. The van der Waals surface area contributed by atoms with E-state index in [2.05, 4.69) is 0 Å². The Morgan fingerprint density at radius 1 is 1.14 bits per heavy atom. The molecule has 0 fully saturated rings. The van der Waals surface area contributed by atoms with Gasteiger partial charge in [-0.2, -0.15) is 0 Å². The number of benzene rings is 2. The first-order valence-electron chi connectivity index (χ1n) is 6.68. The van der Waals surface area contributed by atoms with Crippen molar-refractivity contribution < 1.29 is 14.5 Å². The summed E-state index contributed by atoms with van der Waals surface area (Å²) in [7, 11) is 0. The molecule has 0 spiro atoms. The van der Waals surface area contributed by atoms with Crippen LogP contribution in [0.5, 0.6) is 0 Å². The first kappa shape index (κ1) is 13.3. The quantitative estimate of drug-likeness (QED) is 0.491. The molecule has 106 valence electrons. The van der Waals surface area contributed by atoms with Crippen molar-refractivity contribution in [2.75, 3.05) is 0 Å². The van der Waals surface area contributed by atoms with Gasteiger partial charge in [-0.05, 0) is 36.1 Å². The zero-order chi connectivity index (χ0) is 14.8. The highest BCUT2D eigenvalue weighted by molar-refractivity contribution is 5.89. The first-order valence-corrected chi connectivity index (χ1v) is 6.68. The Balaban J connectivity index is 1.74. The van der Waals surface area contributed by atoms with E-state index in [0.29, 0.717) is 5.56 Å². The van der Waals surface area contributed by atoms with Crippen molar-refractivity contribution in [3.05, 3.63) is 75.3 Å². The lowest BCUT2D eigenvalue weighted by Gasteiger charge is -2.13. The summed E-state index contributed by atoms with van der Waals surface area (Å²) in [6, 6.07) is 13.3. The van der Waals surface area contributed by atoms with Crippen LogP contribution < -0.4 is 0 Å². The molecule has 0 aromatic heterocycles. The minimum Gasteiger partial charge on any atom is -0.454 e. The van der Waals surface area contributed by atoms with Crippen LogP contribution in [0.4, 0.5) is 5.69 Å². The molecule has 0 aliphatic heterocycles. The molecule has 0 heterocycles. The van der Waals surface area contributed by atoms with E-state index in [-0.39, 0.29) is 11.8 Å². The number of nitro benzene ring substituents is 1. The summed E-state index contributed by atoms with van der Waals surface area (Å²) < 4.78 is 5.52. The number of carbonyl (C=O) groups excluding carboxylic acids is 1. The molecule has 21 heavy (non-hydrogen) atoms. The zero-order valence-electron chi connectivity index (χ0n) is 11.2. The molecular formula is C16H13NO4. The fraction of sp³-hybridized carbons (Fsp3) is 0.188. The Kier molecular flexibility index (Phi) is 3.39. The standard InChI is InChI=1S/C16H13NO4/c18-16(12-5-8-13(9-6-12)17(19)20)21-15-10-7-11-3-1-2-4-14(11)15/h1-6,8-9,15H,7,10H2/t15-/m1/s1. The van der Waals surface area contributed by atoms with Crippen molar-refractivity contribution in [2.24, 2.45) is 0 Å². The molecule has 0 bridgehead atoms. The highest BCUT2D eigenvalue weighted by Gasteiger charge is 2.25. The normalized spacial score (nSPS) is 16.3. The van der Waals surface area contributed by atoms with Gasteiger partial charge in [0.15, 0.2) is 0 Å². The Hall–Kier alpha value is -2.69. The van der Waals surface area contributed by atoms with Crippen molar-refractivity contribution in [3.63, 3.8) is 0 Å². The molecule has 0 unspecified atom stereocenters. The number of hydrogen-bond acceptors (Lipinski definition) is 4. The lowest BCUT2D eigenvalue weighted by molar-refractivity contribution is -0.384. The Morgan fingerprint density at radius 3 is 2.57 bits per heavy atom. The maximum atomic E-state index is 12.1. The number of ether oxygens (including phenoxy) is 1. The molecule has 2 aromatic carbocycles. The summed E-state index contributed by atoms with van der Waals surface area (Å²) in [4.78, 5) is 22.2. The van der Waals surface area contributed by atoms with Gasteiger partial charge in [-0.15, -0.1) is 0 Å². The summed E-state index contributed by atoms with van der Waals surface area (Å²) in [5.74, 6) is -0.452. The van der Waals surface area contributed by atoms with E-state index in [1.54, 1.807) is 0 Å². The number of carbonyl (C=O) groups is 1. The Morgan fingerprint density at radius 2 is 1.86 bits per heavy atom. The molecule has 1 atom stereocenters. The number of hydrogen-bond donors (Lipinski definition) is 0. The summed E-state index contributed by atoms with van der Waals surface area (Å²) >= 11 is 0. The smallest absolute Gasteiger partial charge is 0.338 e. The van der Waals surface area contributed by atoms with E-state index in [4.69, 9.17) is 4.74 Å². The highest BCUT2D eigenvalue weighted by Crippen LogP contribution is 2.34. The molecule has 0 saturated heterocycles. The third kappa shape index (κ3) is 2.63. The van der Waals surface area contributed by atoms with Gasteiger partial charge in [0.2, 0.25) is 0 Å². The SMILES string of the molecule is O=C(O[C@@H]1CCc2ccccc21)c1ccc([N+](=O)[O-])cc1. The van der Waals surface area contributed by atoms with E-state index in [0.717, 1.165) is 18.4 Å². The van der Waals surface area contributed by atoms with Crippen LogP contribution in [0.1, 0.15) is 34.0 Å². The Labute approximate surface area is 121 Å². The van der Waals surface area contributed by atoms with Crippen LogP contribution in [-0.2, 0) is 11.2 Å². The highest BCUT2D eigenvalue weighted by atomic mass is 16.6.